The van der Waals surface area contributed by atoms with Crippen molar-refractivity contribution in [3.05, 3.63) is 16.1 Å². The van der Waals surface area contributed by atoms with Crippen molar-refractivity contribution in [2.24, 2.45) is 5.92 Å². The monoisotopic (exact) mass is 309 g/mol. The van der Waals surface area contributed by atoms with Crippen molar-refractivity contribution < 1.29 is 0 Å². The van der Waals surface area contributed by atoms with Crippen LogP contribution < -0.4 is 5.32 Å². The lowest BCUT2D eigenvalue weighted by atomic mass is 9.93. The second kappa shape index (κ2) is 6.76. The predicted octanol–water partition coefficient (Wildman–Crippen LogP) is 3.65. The van der Waals surface area contributed by atoms with Crippen LogP contribution in [0, 0.1) is 5.92 Å². The summed E-state index contributed by atoms with van der Waals surface area (Å²) in [5.74, 6) is 0.745. The lowest BCUT2D eigenvalue weighted by molar-refractivity contribution is 0.111. The van der Waals surface area contributed by atoms with Crippen molar-refractivity contribution >= 4 is 11.3 Å². The van der Waals surface area contributed by atoms with E-state index in [1.807, 2.05) is 11.3 Å². The zero-order valence-electron chi connectivity index (χ0n) is 14.4. The molecule has 1 aliphatic heterocycles. The molecule has 0 aliphatic carbocycles. The number of hydrogen-bond donors (Lipinski definition) is 1. The van der Waals surface area contributed by atoms with Crippen molar-refractivity contribution in [3.63, 3.8) is 0 Å². The fourth-order valence-corrected chi connectivity index (χ4v) is 3.95. The minimum Gasteiger partial charge on any atom is -0.311 e. The molecule has 0 radical (unpaired) electrons. The fourth-order valence-electron chi connectivity index (χ4n) is 2.90. The van der Waals surface area contributed by atoms with Crippen LogP contribution in [0.4, 0.5) is 0 Å². The van der Waals surface area contributed by atoms with Gasteiger partial charge in [0.25, 0.3) is 0 Å². The molecular weight excluding hydrogens is 278 g/mol. The summed E-state index contributed by atoms with van der Waals surface area (Å²) in [6, 6.07) is 1.22. The minimum absolute atomic E-state index is 0.156. The van der Waals surface area contributed by atoms with E-state index in [4.69, 9.17) is 4.98 Å². The Balaban J connectivity index is 2.05. The van der Waals surface area contributed by atoms with Gasteiger partial charge in [-0.1, -0.05) is 34.6 Å². The molecule has 0 aromatic carbocycles. The van der Waals surface area contributed by atoms with E-state index in [0.29, 0.717) is 12.1 Å². The first-order valence-corrected chi connectivity index (χ1v) is 9.06. The molecule has 2 unspecified atom stereocenters. The molecule has 2 atom stereocenters. The van der Waals surface area contributed by atoms with Gasteiger partial charge < -0.3 is 5.32 Å². The maximum Gasteiger partial charge on any atom is 0.107 e. The molecule has 120 valence electrons. The van der Waals surface area contributed by atoms with Gasteiger partial charge in [-0.2, -0.15) is 0 Å². The average Bonchev–Trinajstić information content (AvgIpc) is 2.80. The van der Waals surface area contributed by atoms with Gasteiger partial charge in [-0.3, -0.25) is 4.90 Å². The van der Waals surface area contributed by atoms with Gasteiger partial charge in [0.2, 0.25) is 0 Å². The molecule has 0 bridgehead atoms. The Bertz CT molecular complexity index is 447. The molecule has 0 amide bonds. The van der Waals surface area contributed by atoms with E-state index in [2.05, 4.69) is 57.1 Å². The van der Waals surface area contributed by atoms with E-state index in [-0.39, 0.29) is 5.41 Å². The summed E-state index contributed by atoms with van der Waals surface area (Å²) in [4.78, 5) is 7.50. The number of nitrogens with zero attached hydrogens (tertiary/aromatic N) is 2. The van der Waals surface area contributed by atoms with Crippen LogP contribution in [0.1, 0.15) is 58.7 Å². The average molecular weight is 310 g/mol. The van der Waals surface area contributed by atoms with Crippen LogP contribution in [-0.4, -0.2) is 35.1 Å². The van der Waals surface area contributed by atoms with Gasteiger partial charge in [-0.25, -0.2) is 4.98 Å². The van der Waals surface area contributed by atoms with Gasteiger partial charge in [0.15, 0.2) is 0 Å². The quantitative estimate of drug-likeness (QED) is 0.920. The highest BCUT2D eigenvalue weighted by molar-refractivity contribution is 7.09. The van der Waals surface area contributed by atoms with Crippen molar-refractivity contribution in [2.75, 3.05) is 13.1 Å². The molecule has 1 aromatic heterocycles. The summed E-state index contributed by atoms with van der Waals surface area (Å²) in [7, 11) is 0. The van der Waals surface area contributed by atoms with Gasteiger partial charge >= 0.3 is 0 Å². The Labute approximate surface area is 134 Å². The van der Waals surface area contributed by atoms with Gasteiger partial charge in [-0.05, 0) is 19.3 Å². The number of rotatable bonds is 4. The molecule has 2 rings (SSSR count). The summed E-state index contributed by atoms with van der Waals surface area (Å²) >= 11 is 1.82. The number of thiazole rings is 1. The van der Waals surface area contributed by atoms with E-state index in [9.17, 15) is 0 Å². The highest BCUT2D eigenvalue weighted by Crippen LogP contribution is 2.26. The van der Waals surface area contributed by atoms with Gasteiger partial charge in [0.05, 0.1) is 12.2 Å². The molecular formula is C17H31N3S. The molecule has 3 nitrogen and oxygen atoms in total. The third kappa shape index (κ3) is 4.76. The Morgan fingerprint density at radius 2 is 2.14 bits per heavy atom. The maximum atomic E-state index is 4.87. The van der Waals surface area contributed by atoms with Crippen molar-refractivity contribution in [1.29, 1.82) is 0 Å². The van der Waals surface area contributed by atoms with Gasteiger partial charge in [0.1, 0.15) is 5.01 Å². The minimum atomic E-state index is 0.156. The van der Waals surface area contributed by atoms with E-state index >= 15 is 0 Å². The second-order valence-electron chi connectivity index (χ2n) is 7.90. The molecule has 0 saturated carbocycles. The largest absolute Gasteiger partial charge is 0.311 e. The third-order valence-electron chi connectivity index (χ3n) is 4.13. The van der Waals surface area contributed by atoms with E-state index in [1.54, 1.807) is 0 Å². The van der Waals surface area contributed by atoms with E-state index in [0.717, 1.165) is 25.6 Å². The molecule has 1 aliphatic rings. The summed E-state index contributed by atoms with van der Waals surface area (Å²) in [5.41, 5.74) is 1.38. The normalized spacial score (nSPS) is 24.7. The van der Waals surface area contributed by atoms with Crippen LogP contribution in [-0.2, 0) is 12.0 Å². The van der Waals surface area contributed by atoms with Crippen LogP contribution >= 0.6 is 11.3 Å². The van der Waals surface area contributed by atoms with Crippen molar-refractivity contribution in [1.82, 2.24) is 15.2 Å². The first-order valence-electron chi connectivity index (χ1n) is 8.18. The van der Waals surface area contributed by atoms with Crippen LogP contribution in [0.2, 0.25) is 0 Å². The summed E-state index contributed by atoms with van der Waals surface area (Å²) in [5, 5.41) is 7.12. The smallest absolute Gasteiger partial charge is 0.107 e. The van der Waals surface area contributed by atoms with Crippen LogP contribution in [0.15, 0.2) is 5.38 Å². The second-order valence-corrected chi connectivity index (χ2v) is 8.84. The number of aromatic nitrogens is 1. The summed E-state index contributed by atoms with van der Waals surface area (Å²) < 4.78 is 0. The van der Waals surface area contributed by atoms with Crippen molar-refractivity contribution in [2.45, 2.75) is 72.0 Å². The summed E-state index contributed by atoms with van der Waals surface area (Å²) in [6.45, 7) is 16.9. The molecule has 1 aromatic rings. The predicted molar refractivity (Wildman–Crippen MR) is 91.9 cm³/mol. The Hall–Kier alpha value is -0.450. The standard InChI is InChI=1S/C17H31N3S/c1-12(2)7-14-8-18-13(3)9-20(14)10-16-19-15(11-21-16)17(4,5)6/h11-14,18H,7-10H2,1-6H3. The molecule has 1 fully saturated rings. The molecule has 0 spiro atoms. The first kappa shape index (κ1) is 16.9. The lowest BCUT2D eigenvalue weighted by Gasteiger charge is -2.39. The highest BCUT2D eigenvalue weighted by Gasteiger charge is 2.27. The lowest BCUT2D eigenvalue weighted by Crippen LogP contribution is -2.55. The van der Waals surface area contributed by atoms with Crippen LogP contribution in [0.25, 0.3) is 0 Å². The zero-order chi connectivity index (χ0) is 15.6. The molecule has 4 heteroatoms. The van der Waals surface area contributed by atoms with Crippen LogP contribution in [0.3, 0.4) is 0 Å². The topological polar surface area (TPSA) is 28.2 Å². The number of hydrogen-bond acceptors (Lipinski definition) is 4. The third-order valence-corrected chi connectivity index (χ3v) is 4.96. The zero-order valence-corrected chi connectivity index (χ0v) is 15.3. The summed E-state index contributed by atoms with van der Waals surface area (Å²) in [6.07, 6.45) is 1.26. The van der Waals surface area contributed by atoms with Gasteiger partial charge in [-0.15, -0.1) is 11.3 Å². The molecule has 1 saturated heterocycles. The highest BCUT2D eigenvalue weighted by atomic mass is 32.1. The SMILES string of the molecule is CC(C)CC1CNC(C)CN1Cc1nc(C(C)(C)C)cs1. The molecule has 21 heavy (non-hydrogen) atoms. The van der Waals surface area contributed by atoms with Gasteiger partial charge in [0, 0.05) is 36.0 Å². The Morgan fingerprint density at radius 3 is 2.71 bits per heavy atom. The first-order chi connectivity index (χ1) is 9.75. The molecule has 2 heterocycles. The number of nitrogens with one attached hydrogen (secondary N) is 1. The number of piperazine rings is 1. The maximum absolute atomic E-state index is 4.87. The molecule has 1 N–H and O–H groups in total. The Morgan fingerprint density at radius 1 is 1.43 bits per heavy atom. The van der Waals surface area contributed by atoms with E-state index in [1.165, 1.54) is 17.1 Å². The van der Waals surface area contributed by atoms with E-state index < -0.39 is 0 Å². The fraction of sp³-hybridized carbons (Fsp3) is 0.824. The van der Waals surface area contributed by atoms with Crippen LogP contribution in [0.5, 0.6) is 0 Å². The Kier molecular flexibility index (Phi) is 5.44. The van der Waals surface area contributed by atoms with Crippen molar-refractivity contribution in [3.8, 4) is 0 Å².